The molecule has 1 heterocycles. The molecule has 1 aromatic carbocycles. The zero-order chi connectivity index (χ0) is 12.3. The molecule has 0 aliphatic heterocycles. The maximum Gasteiger partial charge on any atom is 0.128 e. The van der Waals surface area contributed by atoms with Crippen LogP contribution in [-0.4, -0.2) is 9.97 Å². The molecule has 1 unspecified atom stereocenters. The van der Waals surface area contributed by atoms with Crippen molar-refractivity contribution in [3.8, 4) is 6.07 Å². The number of imidazole rings is 1. The Morgan fingerprint density at radius 2 is 2.35 bits per heavy atom. The van der Waals surface area contributed by atoms with Crippen molar-refractivity contribution in [1.29, 1.82) is 5.26 Å². The van der Waals surface area contributed by atoms with Crippen LogP contribution in [0.2, 0.25) is 0 Å². The number of rotatable bonds is 3. The van der Waals surface area contributed by atoms with Gasteiger partial charge in [0.2, 0.25) is 0 Å². The fourth-order valence-corrected chi connectivity index (χ4v) is 1.91. The summed E-state index contributed by atoms with van der Waals surface area (Å²) in [5.74, 6) is 0.842. The van der Waals surface area contributed by atoms with Gasteiger partial charge in [0, 0.05) is 16.9 Å². The summed E-state index contributed by atoms with van der Waals surface area (Å²) in [6.45, 7) is 1.99. The van der Waals surface area contributed by atoms with Gasteiger partial charge < -0.3 is 10.3 Å². The second-order valence-electron chi connectivity index (χ2n) is 3.64. The highest BCUT2D eigenvalue weighted by atomic mass is 79.9. The van der Waals surface area contributed by atoms with E-state index in [1.54, 1.807) is 18.5 Å². The van der Waals surface area contributed by atoms with E-state index in [1.165, 1.54) is 0 Å². The van der Waals surface area contributed by atoms with Crippen LogP contribution in [0.5, 0.6) is 0 Å². The van der Waals surface area contributed by atoms with Crippen LogP contribution in [0.3, 0.4) is 0 Å². The maximum absolute atomic E-state index is 9.02. The van der Waals surface area contributed by atoms with Gasteiger partial charge in [-0.15, -0.1) is 0 Å². The molecule has 0 saturated heterocycles. The molecule has 2 rings (SSSR count). The highest BCUT2D eigenvalue weighted by molar-refractivity contribution is 9.10. The molecule has 0 fully saturated rings. The van der Waals surface area contributed by atoms with Gasteiger partial charge in [-0.2, -0.15) is 5.26 Å². The molecule has 2 N–H and O–H groups in total. The highest BCUT2D eigenvalue weighted by Crippen LogP contribution is 2.24. The standard InChI is InChI=1S/C12H11BrN4/c1-8(12-15-4-5-16-12)17-11-6-10(13)3-2-9(11)7-14/h2-6,8,17H,1H3,(H,15,16). The third kappa shape index (κ3) is 2.66. The average molecular weight is 291 g/mol. The van der Waals surface area contributed by atoms with Crippen molar-refractivity contribution in [3.63, 3.8) is 0 Å². The minimum absolute atomic E-state index is 0.0198. The first-order chi connectivity index (χ1) is 8.20. The second kappa shape index (κ2) is 5.02. The molecule has 0 amide bonds. The largest absolute Gasteiger partial charge is 0.374 e. The number of hydrogen-bond donors (Lipinski definition) is 2. The van der Waals surface area contributed by atoms with E-state index in [4.69, 9.17) is 5.26 Å². The zero-order valence-electron chi connectivity index (χ0n) is 9.24. The summed E-state index contributed by atoms with van der Waals surface area (Å²) in [5.41, 5.74) is 1.41. The number of nitriles is 1. The Bertz CT molecular complexity index is 542. The first-order valence-corrected chi connectivity index (χ1v) is 5.95. The van der Waals surface area contributed by atoms with Crippen molar-refractivity contribution in [1.82, 2.24) is 9.97 Å². The highest BCUT2D eigenvalue weighted by Gasteiger charge is 2.10. The molecule has 0 saturated carbocycles. The Morgan fingerprint density at radius 3 is 3.00 bits per heavy atom. The summed E-state index contributed by atoms with van der Waals surface area (Å²) in [5, 5.41) is 12.3. The van der Waals surface area contributed by atoms with Crippen molar-refractivity contribution in [2.75, 3.05) is 5.32 Å². The first kappa shape index (κ1) is 11.7. The van der Waals surface area contributed by atoms with Gasteiger partial charge in [0.15, 0.2) is 0 Å². The van der Waals surface area contributed by atoms with Gasteiger partial charge in [-0.1, -0.05) is 15.9 Å². The normalized spacial score (nSPS) is 11.8. The Morgan fingerprint density at radius 1 is 1.53 bits per heavy atom. The smallest absolute Gasteiger partial charge is 0.128 e. The molecule has 4 nitrogen and oxygen atoms in total. The minimum atomic E-state index is 0.0198. The molecular formula is C12H11BrN4. The van der Waals surface area contributed by atoms with E-state index in [1.807, 2.05) is 19.1 Å². The van der Waals surface area contributed by atoms with Gasteiger partial charge in [-0.3, -0.25) is 0 Å². The SMILES string of the molecule is CC(Nc1cc(Br)ccc1C#N)c1ncc[nH]1. The molecule has 0 radical (unpaired) electrons. The number of aromatic nitrogens is 2. The van der Waals surface area contributed by atoms with E-state index >= 15 is 0 Å². The average Bonchev–Trinajstić information content (AvgIpc) is 2.83. The van der Waals surface area contributed by atoms with E-state index in [2.05, 4.69) is 37.3 Å². The molecule has 0 bridgehead atoms. The van der Waals surface area contributed by atoms with Gasteiger partial charge in [-0.25, -0.2) is 4.98 Å². The molecule has 17 heavy (non-hydrogen) atoms. The summed E-state index contributed by atoms with van der Waals surface area (Å²) in [6, 6.07) is 7.69. The van der Waals surface area contributed by atoms with Crippen LogP contribution >= 0.6 is 15.9 Å². The summed E-state index contributed by atoms with van der Waals surface area (Å²) < 4.78 is 0.936. The van der Waals surface area contributed by atoms with E-state index in [-0.39, 0.29) is 6.04 Å². The molecular weight excluding hydrogens is 280 g/mol. The predicted molar refractivity (Wildman–Crippen MR) is 69.5 cm³/mol. The van der Waals surface area contributed by atoms with Crippen LogP contribution in [0, 0.1) is 11.3 Å². The minimum Gasteiger partial charge on any atom is -0.374 e. The van der Waals surface area contributed by atoms with Crippen molar-refractivity contribution in [3.05, 3.63) is 46.5 Å². The van der Waals surface area contributed by atoms with Gasteiger partial charge in [0.25, 0.3) is 0 Å². The molecule has 0 aliphatic carbocycles. The van der Waals surface area contributed by atoms with Gasteiger partial charge in [-0.05, 0) is 25.1 Å². The number of benzene rings is 1. The van der Waals surface area contributed by atoms with Crippen molar-refractivity contribution >= 4 is 21.6 Å². The Kier molecular flexibility index (Phi) is 3.45. The van der Waals surface area contributed by atoms with Crippen molar-refractivity contribution in [2.24, 2.45) is 0 Å². The van der Waals surface area contributed by atoms with Crippen LogP contribution in [0.1, 0.15) is 24.4 Å². The second-order valence-corrected chi connectivity index (χ2v) is 4.56. The van der Waals surface area contributed by atoms with Crippen LogP contribution in [0.25, 0.3) is 0 Å². The molecule has 0 aliphatic rings. The van der Waals surface area contributed by atoms with E-state index in [0.717, 1.165) is 16.0 Å². The monoisotopic (exact) mass is 290 g/mol. The van der Waals surface area contributed by atoms with E-state index in [0.29, 0.717) is 5.56 Å². The van der Waals surface area contributed by atoms with Crippen LogP contribution in [0.4, 0.5) is 5.69 Å². The van der Waals surface area contributed by atoms with E-state index in [9.17, 15) is 0 Å². The van der Waals surface area contributed by atoms with Crippen molar-refractivity contribution in [2.45, 2.75) is 13.0 Å². The summed E-state index contributed by atoms with van der Waals surface area (Å²) >= 11 is 3.39. The summed E-state index contributed by atoms with van der Waals surface area (Å²) in [4.78, 5) is 7.22. The first-order valence-electron chi connectivity index (χ1n) is 5.16. The Labute approximate surface area is 108 Å². The number of hydrogen-bond acceptors (Lipinski definition) is 3. The van der Waals surface area contributed by atoms with Gasteiger partial charge in [0.1, 0.15) is 11.9 Å². The number of H-pyrrole nitrogens is 1. The summed E-state index contributed by atoms with van der Waals surface area (Å²) in [6.07, 6.45) is 3.49. The lowest BCUT2D eigenvalue weighted by Gasteiger charge is -2.14. The quantitative estimate of drug-likeness (QED) is 0.912. The lowest BCUT2D eigenvalue weighted by Crippen LogP contribution is -2.09. The lowest BCUT2D eigenvalue weighted by atomic mass is 10.2. The third-order valence-electron chi connectivity index (χ3n) is 2.40. The van der Waals surface area contributed by atoms with Gasteiger partial charge in [0.05, 0.1) is 17.3 Å². The fourth-order valence-electron chi connectivity index (χ4n) is 1.55. The number of anilines is 1. The van der Waals surface area contributed by atoms with Crippen molar-refractivity contribution < 1.29 is 0 Å². The lowest BCUT2D eigenvalue weighted by molar-refractivity contribution is 0.809. The third-order valence-corrected chi connectivity index (χ3v) is 2.90. The Hall–Kier alpha value is -1.80. The zero-order valence-corrected chi connectivity index (χ0v) is 10.8. The molecule has 5 heteroatoms. The number of nitrogens with one attached hydrogen (secondary N) is 2. The Balaban J connectivity index is 2.24. The number of nitrogens with zero attached hydrogens (tertiary/aromatic N) is 2. The molecule has 1 atom stereocenters. The topological polar surface area (TPSA) is 64.5 Å². The summed E-state index contributed by atoms with van der Waals surface area (Å²) in [7, 11) is 0. The van der Waals surface area contributed by atoms with Crippen LogP contribution in [0.15, 0.2) is 35.1 Å². The fraction of sp³-hybridized carbons (Fsp3) is 0.167. The van der Waals surface area contributed by atoms with E-state index < -0.39 is 0 Å². The molecule has 0 spiro atoms. The molecule has 86 valence electrons. The number of aromatic amines is 1. The predicted octanol–water partition coefficient (Wildman–Crippen LogP) is 3.22. The van der Waals surface area contributed by atoms with Gasteiger partial charge >= 0.3 is 0 Å². The molecule has 2 aromatic rings. The van der Waals surface area contributed by atoms with Crippen LogP contribution < -0.4 is 5.32 Å². The number of halogens is 1. The maximum atomic E-state index is 9.02. The molecule has 1 aromatic heterocycles. The van der Waals surface area contributed by atoms with Crippen LogP contribution in [-0.2, 0) is 0 Å².